The fourth-order valence-corrected chi connectivity index (χ4v) is 6.74. The largest absolute Gasteiger partial charge is 0.396 e. The number of nitrogens with zero attached hydrogens (tertiary/aromatic N) is 3. The van der Waals surface area contributed by atoms with Gasteiger partial charge in [0.05, 0.1) is 16.9 Å². The molecule has 0 spiro atoms. The molecule has 5 aliphatic rings. The standard InChI is InChI=1S/C22H25N5O3/c23-19(29)20-26-21(30-27-20)15-9-24-16-3-1-2-14(16)18(15)25-17-12-4-11-5-13(17)8-22(6-11,7-12)10-28/h1-2,9,11-13,17,28H,3-8,10H2,(H2,23,29)(H,24,25)/t11?,12-,13+,17?,22?. The zero-order chi connectivity index (χ0) is 20.5. The fourth-order valence-electron chi connectivity index (χ4n) is 6.74. The Morgan fingerprint density at radius 3 is 2.80 bits per heavy atom. The van der Waals surface area contributed by atoms with Crippen molar-refractivity contribution in [3.8, 4) is 11.5 Å². The molecule has 8 heteroatoms. The molecule has 2 aromatic heterocycles. The zero-order valence-electron chi connectivity index (χ0n) is 16.7. The Labute approximate surface area is 173 Å². The van der Waals surface area contributed by atoms with Gasteiger partial charge < -0.3 is 20.7 Å². The Kier molecular flexibility index (Phi) is 3.84. The molecule has 30 heavy (non-hydrogen) atoms. The number of allylic oxidation sites excluding steroid dienone is 1. The Bertz CT molecular complexity index is 1050. The number of aliphatic hydroxyl groups excluding tert-OH is 1. The van der Waals surface area contributed by atoms with Crippen LogP contribution in [0.3, 0.4) is 0 Å². The third kappa shape index (κ3) is 2.62. The number of pyridine rings is 1. The summed E-state index contributed by atoms with van der Waals surface area (Å²) < 4.78 is 5.35. The lowest BCUT2D eigenvalue weighted by atomic mass is 9.48. The quantitative estimate of drug-likeness (QED) is 0.694. The summed E-state index contributed by atoms with van der Waals surface area (Å²) >= 11 is 0. The van der Waals surface area contributed by atoms with E-state index >= 15 is 0 Å². The topological polar surface area (TPSA) is 127 Å². The second kappa shape index (κ2) is 6.38. The summed E-state index contributed by atoms with van der Waals surface area (Å²) in [5, 5.41) is 17.6. The van der Waals surface area contributed by atoms with Gasteiger partial charge in [0.25, 0.3) is 17.6 Å². The number of anilines is 1. The van der Waals surface area contributed by atoms with Crippen molar-refractivity contribution in [2.45, 2.75) is 44.6 Å². The van der Waals surface area contributed by atoms with Gasteiger partial charge in [0.15, 0.2) is 0 Å². The average Bonchev–Trinajstić information content (AvgIpc) is 3.40. The van der Waals surface area contributed by atoms with E-state index in [1.54, 1.807) is 6.20 Å². The smallest absolute Gasteiger partial charge is 0.290 e. The van der Waals surface area contributed by atoms with E-state index in [2.05, 4.69) is 32.6 Å². The van der Waals surface area contributed by atoms with Crippen LogP contribution >= 0.6 is 0 Å². The van der Waals surface area contributed by atoms with Gasteiger partial charge in [-0.3, -0.25) is 9.78 Å². The van der Waals surface area contributed by atoms with E-state index in [0.29, 0.717) is 30.0 Å². The number of fused-ring (bicyclic) bond motifs is 1. The van der Waals surface area contributed by atoms with Crippen LogP contribution in [0.2, 0.25) is 0 Å². The zero-order valence-corrected chi connectivity index (χ0v) is 16.7. The van der Waals surface area contributed by atoms with Crippen LogP contribution in [0.25, 0.3) is 17.5 Å². The van der Waals surface area contributed by atoms with Gasteiger partial charge in [-0.05, 0) is 55.3 Å². The predicted octanol–water partition coefficient (Wildman–Crippen LogP) is 2.40. The number of carbonyl (C=O) groups excluding carboxylic acids is 1. The van der Waals surface area contributed by atoms with E-state index in [0.717, 1.165) is 42.1 Å². The molecule has 8 nitrogen and oxygen atoms in total. The highest BCUT2D eigenvalue weighted by Gasteiger charge is 2.55. The number of hydrogen-bond donors (Lipinski definition) is 3. The maximum atomic E-state index is 11.4. The van der Waals surface area contributed by atoms with E-state index < -0.39 is 5.91 Å². The summed E-state index contributed by atoms with van der Waals surface area (Å²) in [6.07, 6.45) is 12.5. The molecule has 0 radical (unpaired) electrons. The number of aliphatic hydroxyl groups is 1. The molecule has 4 fully saturated rings. The first-order chi connectivity index (χ1) is 14.5. The lowest BCUT2D eigenvalue weighted by Crippen LogP contribution is -2.57. The Morgan fingerprint density at radius 2 is 2.10 bits per heavy atom. The lowest BCUT2D eigenvalue weighted by Gasteiger charge is -2.60. The lowest BCUT2D eigenvalue weighted by molar-refractivity contribution is -0.0868. The molecule has 1 amide bonds. The Hall–Kier alpha value is -2.74. The number of hydrogen-bond acceptors (Lipinski definition) is 7. The molecule has 2 aromatic rings. The number of aromatic nitrogens is 3. The van der Waals surface area contributed by atoms with E-state index in [4.69, 9.17) is 10.3 Å². The molecule has 4 saturated carbocycles. The molecule has 5 aliphatic carbocycles. The molecule has 0 saturated heterocycles. The summed E-state index contributed by atoms with van der Waals surface area (Å²) in [6.45, 7) is 0.305. The van der Waals surface area contributed by atoms with Gasteiger partial charge in [-0.15, -0.1) is 0 Å². The molecule has 156 valence electrons. The number of rotatable bonds is 5. The third-order valence-electron chi connectivity index (χ3n) is 7.72. The van der Waals surface area contributed by atoms with Crippen molar-refractivity contribution in [2.75, 3.05) is 11.9 Å². The van der Waals surface area contributed by atoms with E-state index in [9.17, 15) is 9.90 Å². The normalized spacial score (nSPS) is 33.1. The summed E-state index contributed by atoms with van der Waals surface area (Å²) in [5.41, 5.74) is 9.15. The van der Waals surface area contributed by atoms with E-state index in [1.165, 1.54) is 19.3 Å². The first kappa shape index (κ1) is 18.1. The summed E-state index contributed by atoms with van der Waals surface area (Å²) in [6, 6.07) is 0.346. The molecule has 0 aromatic carbocycles. The Morgan fingerprint density at radius 1 is 1.30 bits per heavy atom. The highest BCUT2D eigenvalue weighted by Crippen LogP contribution is 2.60. The number of amides is 1. The molecular formula is C22H25N5O3. The van der Waals surface area contributed by atoms with E-state index in [1.807, 2.05) is 0 Å². The number of nitrogens with two attached hydrogens (primary N) is 1. The summed E-state index contributed by atoms with van der Waals surface area (Å²) in [7, 11) is 0. The van der Waals surface area contributed by atoms with Crippen molar-refractivity contribution in [3.63, 3.8) is 0 Å². The van der Waals surface area contributed by atoms with Crippen LogP contribution in [0.1, 0.15) is 54.0 Å². The second-order valence-corrected chi connectivity index (χ2v) is 9.60. The first-order valence-corrected chi connectivity index (χ1v) is 10.7. The van der Waals surface area contributed by atoms with Gasteiger partial charge in [-0.25, -0.2) is 0 Å². The minimum absolute atomic E-state index is 0.125. The number of primary amides is 1. The Balaban J connectivity index is 1.39. The molecule has 4 N–H and O–H groups in total. The van der Waals surface area contributed by atoms with Crippen molar-refractivity contribution >= 4 is 17.7 Å². The minimum atomic E-state index is -0.719. The van der Waals surface area contributed by atoms with Crippen LogP contribution in [0.15, 0.2) is 16.8 Å². The van der Waals surface area contributed by atoms with Crippen molar-refractivity contribution in [1.82, 2.24) is 15.1 Å². The second-order valence-electron chi connectivity index (χ2n) is 9.60. The fraction of sp³-hybridized carbons (Fsp3) is 0.545. The molecule has 0 aliphatic heterocycles. The van der Waals surface area contributed by atoms with Crippen LogP contribution in [0.5, 0.6) is 0 Å². The van der Waals surface area contributed by atoms with Gasteiger partial charge in [0, 0.05) is 30.8 Å². The molecule has 7 rings (SSSR count). The monoisotopic (exact) mass is 407 g/mol. The van der Waals surface area contributed by atoms with Crippen molar-refractivity contribution in [2.24, 2.45) is 28.9 Å². The van der Waals surface area contributed by atoms with Crippen LogP contribution in [-0.4, -0.2) is 38.8 Å². The maximum Gasteiger partial charge on any atom is 0.290 e. The molecular weight excluding hydrogens is 382 g/mol. The van der Waals surface area contributed by atoms with Crippen molar-refractivity contribution in [1.29, 1.82) is 0 Å². The van der Waals surface area contributed by atoms with Gasteiger partial charge in [-0.1, -0.05) is 17.3 Å². The minimum Gasteiger partial charge on any atom is -0.396 e. The molecule has 5 atom stereocenters. The predicted molar refractivity (Wildman–Crippen MR) is 109 cm³/mol. The molecule has 2 heterocycles. The number of nitrogens with one attached hydrogen (secondary N) is 1. The SMILES string of the molecule is NC(=O)c1noc(-c2cnc3c(c2NC2[C@@H]4CC5C[C@H]2CC(CO)(C5)C4)C=CC3)n1. The van der Waals surface area contributed by atoms with Gasteiger partial charge in [-0.2, -0.15) is 4.98 Å². The third-order valence-corrected chi connectivity index (χ3v) is 7.72. The van der Waals surface area contributed by atoms with Crippen molar-refractivity contribution < 1.29 is 14.4 Å². The maximum absolute atomic E-state index is 11.4. The summed E-state index contributed by atoms with van der Waals surface area (Å²) in [5.74, 6) is 1.24. The highest BCUT2D eigenvalue weighted by molar-refractivity contribution is 5.90. The highest BCUT2D eigenvalue weighted by atomic mass is 16.5. The van der Waals surface area contributed by atoms with Crippen molar-refractivity contribution in [3.05, 3.63) is 29.4 Å². The molecule has 4 bridgehead atoms. The van der Waals surface area contributed by atoms with Crippen LogP contribution in [-0.2, 0) is 6.42 Å². The van der Waals surface area contributed by atoms with Crippen LogP contribution in [0.4, 0.5) is 5.69 Å². The van der Waals surface area contributed by atoms with Crippen LogP contribution in [0, 0.1) is 23.2 Å². The first-order valence-electron chi connectivity index (χ1n) is 10.7. The summed E-state index contributed by atoms with van der Waals surface area (Å²) in [4.78, 5) is 20.2. The van der Waals surface area contributed by atoms with Gasteiger partial charge in [0.1, 0.15) is 0 Å². The molecule has 3 unspecified atom stereocenters. The average molecular weight is 407 g/mol. The van der Waals surface area contributed by atoms with Crippen LogP contribution < -0.4 is 11.1 Å². The van der Waals surface area contributed by atoms with Gasteiger partial charge in [0.2, 0.25) is 0 Å². The van der Waals surface area contributed by atoms with E-state index in [-0.39, 0.29) is 17.1 Å². The van der Waals surface area contributed by atoms with Gasteiger partial charge >= 0.3 is 0 Å². The number of carbonyl (C=O) groups is 1.